The highest BCUT2D eigenvalue weighted by Gasteiger charge is 2.12. The lowest BCUT2D eigenvalue weighted by Crippen LogP contribution is -2.12. The molecule has 1 aromatic heterocycles. The highest BCUT2D eigenvalue weighted by Crippen LogP contribution is 2.21. The van der Waals surface area contributed by atoms with Gasteiger partial charge in [-0.3, -0.25) is 14.9 Å². The maximum absolute atomic E-state index is 12.3. The first-order valence-corrected chi connectivity index (χ1v) is 7.49. The SMILES string of the molecule is Cc1nccc(-c2cccc(NC(=O)c3cccc([N+](=O)[O-])c3)c2)n1. The molecule has 0 saturated carbocycles. The largest absolute Gasteiger partial charge is 0.322 e. The number of carbonyl (C=O) groups excluding carboxylic acids is 1. The zero-order chi connectivity index (χ0) is 17.8. The third-order valence-electron chi connectivity index (χ3n) is 3.51. The lowest BCUT2D eigenvalue weighted by Gasteiger charge is -2.08. The number of hydrogen-bond donors (Lipinski definition) is 1. The molecule has 1 N–H and O–H groups in total. The summed E-state index contributed by atoms with van der Waals surface area (Å²) >= 11 is 0. The maximum Gasteiger partial charge on any atom is 0.270 e. The van der Waals surface area contributed by atoms with Gasteiger partial charge in [0, 0.05) is 35.1 Å². The summed E-state index contributed by atoms with van der Waals surface area (Å²) in [6.45, 7) is 1.80. The first-order valence-electron chi connectivity index (χ1n) is 7.49. The van der Waals surface area contributed by atoms with Gasteiger partial charge < -0.3 is 5.32 Å². The van der Waals surface area contributed by atoms with Gasteiger partial charge in [0.25, 0.3) is 11.6 Å². The topological polar surface area (TPSA) is 98.0 Å². The number of non-ortho nitro benzene ring substituents is 1. The third kappa shape index (κ3) is 3.84. The molecule has 1 heterocycles. The van der Waals surface area contributed by atoms with Crippen LogP contribution in [0.15, 0.2) is 60.8 Å². The minimum atomic E-state index is -0.533. The molecule has 3 aromatic rings. The van der Waals surface area contributed by atoms with E-state index >= 15 is 0 Å². The number of hydrogen-bond acceptors (Lipinski definition) is 5. The van der Waals surface area contributed by atoms with Gasteiger partial charge in [-0.25, -0.2) is 9.97 Å². The highest BCUT2D eigenvalue weighted by atomic mass is 16.6. The van der Waals surface area contributed by atoms with Crippen molar-refractivity contribution in [3.05, 3.63) is 82.3 Å². The molecule has 25 heavy (non-hydrogen) atoms. The van der Waals surface area contributed by atoms with Crippen molar-refractivity contribution < 1.29 is 9.72 Å². The van der Waals surface area contributed by atoms with Crippen LogP contribution in [0, 0.1) is 17.0 Å². The standard InChI is InChI=1S/C18H14N4O3/c1-12-19-9-8-17(20-12)13-4-2-6-15(10-13)21-18(23)14-5-3-7-16(11-14)22(24)25/h2-11H,1H3,(H,21,23). The Kier molecular flexibility index (Phi) is 4.47. The molecular weight excluding hydrogens is 320 g/mol. The number of amides is 1. The number of rotatable bonds is 4. The molecule has 0 saturated heterocycles. The van der Waals surface area contributed by atoms with E-state index in [0.29, 0.717) is 11.5 Å². The molecular formula is C18H14N4O3. The summed E-state index contributed by atoms with van der Waals surface area (Å²) in [4.78, 5) is 31.0. The van der Waals surface area contributed by atoms with Crippen LogP contribution >= 0.6 is 0 Å². The molecule has 7 heteroatoms. The minimum absolute atomic E-state index is 0.127. The molecule has 0 spiro atoms. The molecule has 124 valence electrons. The first-order chi connectivity index (χ1) is 12.0. The number of nitrogens with one attached hydrogen (secondary N) is 1. The Morgan fingerprint density at radius 1 is 1.12 bits per heavy atom. The molecule has 0 fully saturated rings. The van der Waals surface area contributed by atoms with Gasteiger partial charge in [0.15, 0.2) is 0 Å². The van der Waals surface area contributed by atoms with Crippen LogP contribution in [0.4, 0.5) is 11.4 Å². The van der Waals surface area contributed by atoms with Crippen LogP contribution in [-0.4, -0.2) is 20.8 Å². The van der Waals surface area contributed by atoms with Gasteiger partial charge in [-0.05, 0) is 31.2 Å². The van der Waals surface area contributed by atoms with E-state index in [1.807, 2.05) is 6.07 Å². The van der Waals surface area contributed by atoms with E-state index < -0.39 is 10.8 Å². The van der Waals surface area contributed by atoms with E-state index in [0.717, 1.165) is 11.3 Å². The van der Waals surface area contributed by atoms with Crippen LogP contribution < -0.4 is 5.32 Å². The van der Waals surface area contributed by atoms with Crippen molar-refractivity contribution in [3.8, 4) is 11.3 Å². The smallest absolute Gasteiger partial charge is 0.270 e. The normalized spacial score (nSPS) is 10.3. The van der Waals surface area contributed by atoms with Crippen molar-refractivity contribution in [3.63, 3.8) is 0 Å². The second kappa shape index (κ2) is 6.88. The molecule has 2 aromatic carbocycles. The van der Waals surface area contributed by atoms with Crippen molar-refractivity contribution in [2.24, 2.45) is 0 Å². The van der Waals surface area contributed by atoms with Gasteiger partial charge in [0.1, 0.15) is 5.82 Å². The van der Waals surface area contributed by atoms with Crippen LogP contribution in [0.3, 0.4) is 0 Å². The van der Waals surface area contributed by atoms with Gasteiger partial charge in [-0.1, -0.05) is 18.2 Å². The number of nitro benzene ring substituents is 1. The number of benzene rings is 2. The van der Waals surface area contributed by atoms with E-state index in [-0.39, 0.29) is 11.3 Å². The Morgan fingerprint density at radius 3 is 2.68 bits per heavy atom. The Balaban J connectivity index is 1.84. The monoisotopic (exact) mass is 334 g/mol. The third-order valence-corrected chi connectivity index (χ3v) is 3.51. The lowest BCUT2D eigenvalue weighted by molar-refractivity contribution is -0.384. The average molecular weight is 334 g/mol. The average Bonchev–Trinajstić information content (AvgIpc) is 2.62. The quantitative estimate of drug-likeness (QED) is 0.580. The lowest BCUT2D eigenvalue weighted by atomic mass is 10.1. The number of aromatic nitrogens is 2. The molecule has 0 unspecified atom stereocenters. The van der Waals surface area contributed by atoms with E-state index in [2.05, 4.69) is 15.3 Å². The Hall–Kier alpha value is -3.61. The summed E-state index contributed by atoms with van der Waals surface area (Å²) in [7, 11) is 0. The van der Waals surface area contributed by atoms with Crippen LogP contribution in [-0.2, 0) is 0 Å². The van der Waals surface area contributed by atoms with Gasteiger partial charge in [0.05, 0.1) is 10.6 Å². The molecule has 0 aliphatic carbocycles. The van der Waals surface area contributed by atoms with Crippen molar-refractivity contribution in [1.82, 2.24) is 9.97 Å². The highest BCUT2D eigenvalue weighted by molar-refractivity contribution is 6.04. The van der Waals surface area contributed by atoms with Crippen LogP contribution in [0.2, 0.25) is 0 Å². The summed E-state index contributed by atoms with van der Waals surface area (Å²) in [5.74, 6) is 0.239. The number of aryl methyl sites for hydroxylation is 1. The molecule has 7 nitrogen and oxygen atoms in total. The first kappa shape index (κ1) is 16.3. The minimum Gasteiger partial charge on any atom is -0.322 e. The Labute approximate surface area is 143 Å². The van der Waals surface area contributed by atoms with Crippen molar-refractivity contribution >= 4 is 17.3 Å². The Bertz CT molecular complexity index is 956. The number of anilines is 1. The summed E-state index contributed by atoms with van der Waals surface area (Å²) in [6, 6.07) is 14.6. The van der Waals surface area contributed by atoms with E-state index in [1.54, 1.807) is 37.4 Å². The fourth-order valence-corrected chi connectivity index (χ4v) is 2.34. The molecule has 0 aliphatic heterocycles. The maximum atomic E-state index is 12.3. The van der Waals surface area contributed by atoms with Gasteiger partial charge in [-0.2, -0.15) is 0 Å². The predicted octanol–water partition coefficient (Wildman–Crippen LogP) is 3.61. The van der Waals surface area contributed by atoms with E-state index in [9.17, 15) is 14.9 Å². The summed E-state index contributed by atoms with van der Waals surface area (Å²) < 4.78 is 0. The molecule has 0 atom stereocenters. The van der Waals surface area contributed by atoms with Crippen LogP contribution in [0.25, 0.3) is 11.3 Å². The summed E-state index contributed by atoms with van der Waals surface area (Å²) in [5.41, 5.74) is 2.25. The number of carbonyl (C=O) groups is 1. The predicted molar refractivity (Wildman–Crippen MR) is 93.3 cm³/mol. The number of nitro groups is 1. The van der Waals surface area contributed by atoms with E-state index in [1.165, 1.54) is 24.3 Å². The zero-order valence-corrected chi connectivity index (χ0v) is 13.3. The molecule has 3 rings (SSSR count). The van der Waals surface area contributed by atoms with Gasteiger partial charge in [-0.15, -0.1) is 0 Å². The summed E-state index contributed by atoms with van der Waals surface area (Å²) in [6.07, 6.45) is 1.67. The van der Waals surface area contributed by atoms with Gasteiger partial charge >= 0.3 is 0 Å². The van der Waals surface area contributed by atoms with Crippen LogP contribution in [0.1, 0.15) is 16.2 Å². The van der Waals surface area contributed by atoms with Crippen molar-refractivity contribution in [1.29, 1.82) is 0 Å². The second-order valence-corrected chi connectivity index (χ2v) is 5.33. The Morgan fingerprint density at radius 2 is 1.92 bits per heavy atom. The fraction of sp³-hybridized carbons (Fsp3) is 0.0556. The van der Waals surface area contributed by atoms with Gasteiger partial charge in [0.2, 0.25) is 0 Å². The molecule has 0 radical (unpaired) electrons. The molecule has 1 amide bonds. The van der Waals surface area contributed by atoms with Crippen molar-refractivity contribution in [2.45, 2.75) is 6.92 Å². The second-order valence-electron chi connectivity index (χ2n) is 5.33. The zero-order valence-electron chi connectivity index (χ0n) is 13.3. The molecule has 0 bridgehead atoms. The summed E-state index contributed by atoms with van der Waals surface area (Å²) in [5, 5.41) is 13.6. The number of nitrogens with zero attached hydrogens (tertiary/aromatic N) is 3. The molecule has 0 aliphatic rings. The van der Waals surface area contributed by atoms with Crippen molar-refractivity contribution in [2.75, 3.05) is 5.32 Å². The fourth-order valence-electron chi connectivity index (χ4n) is 2.34. The van der Waals surface area contributed by atoms with Crippen LogP contribution in [0.5, 0.6) is 0 Å². The van der Waals surface area contributed by atoms with E-state index in [4.69, 9.17) is 0 Å².